The van der Waals surface area contributed by atoms with Gasteiger partial charge in [0, 0.05) is 0 Å². The van der Waals surface area contributed by atoms with E-state index < -0.39 is 6.04 Å². The summed E-state index contributed by atoms with van der Waals surface area (Å²) in [5, 5.41) is 0. The van der Waals surface area contributed by atoms with Crippen LogP contribution in [0.2, 0.25) is 0 Å². The Kier molecular flexibility index (Phi) is 12.0. The Labute approximate surface area is 129 Å². The van der Waals surface area contributed by atoms with Crippen molar-refractivity contribution in [1.82, 2.24) is 4.90 Å². The number of hydrogen-bond donors (Lipinski definition) is 0. The van der Waals surface area contributed by atoms with Gasteiger partial charge < -0.3 is 9.47 Å². The van der Waals surface area contributed by atoms with Gasteiger partial charge in [-0.25, -0.2) is 0 Å². The fraction of sp³-hybridized carbons (Fsp3) is 0.875. The number of hydrogen-bond acceptors (Lipinski definition) is 5. The van der Waals surface area contributed by atoms with Crippen LogP contribution in [0.3, 0.4) is 0 Å². The lowest BCUT2D eigenvalue weighted by Crippen LogP contribution is -2.45. The van der Waals surface area contributed by atoms with E-state index in [1.54, 1.807) is 13.8 Å². The van der Waals surface area contributed by atoms with Gasteiger partial charge in [0.05, 0.1) is 19.6 Å². The molecule has 0 aromatic heterocycles. The summed E-state index contributed by atoms with van der Waals surface area (Å²) in [7, 11) is 0. The van der Waals surface area contributed by atoms with Gasteiger partial charge in [-0.1, -0.05) is 26.7 Å². The maximum absolute atomic E-state index is 12.2. The molecule has 0 aliphatic carbocycles. The Morgan fingerprint density at radius 2 is 1.43 bits per heavy atom. The highest BCUT2D eigenvalue weighted by atomic mass is 16.5. The Morgan fingerprint density at radius 3 is 1.86 bits per heavy atom. The molecule has 5 heteroatoms. The van der Waals surface area contributed by atoms with Crippen LogP contribution in [0, 0.1) is 0 Å². The number of rotatable bonds is 12. The van der Waals surface area contributed by atoms with Crippen molar-refractivity contribution in [2.45, 2.75) is 65.8 Å². The lowest BCUT2D eigenvalue weighted by atomic mass is 10.1. The smallest absolute Gasteiger partial charge is 0.323 e. The highest BCUT2D eigenvalue weighted by Crippen LogP contribution is 2.12. The fourth-order valence-corrected chi connectivity index (χ4v) is 2.12. The second-order valence-corrected chi connectivity index (χ2v) is 5.02. The summed E-state index contributed by atoms with van der Waals surface area (Å²) < 4.78 is 10.1. The zero-order valence-corrected chi connectivity index (χ0v) is 14.0. The number of unbranched alkanes of at least 4 members (excludes halogenated alkanes) is 2. The molecule has 0 aromatic carbocycles. The zero-order chi connectivity index (χ0) is 16.1. The van der Waals surface area contributed by atoms with Gasteiger partial charge in [0.1, 0.15) is 6.04 Å². The van der Waals surface area contributed by atoms with Gasteiger partial charge in [0.25, 0.3) is 0 Å². The molecular weight excluding hydrogens is 270 g/mol. The molecule has 0 rings (SSSR count). The summed E-state index contributed by atoms with van der Waals surface area (Å²) >= 11 is 0. The van der Waals surface area contributed by atoms with Gasteiger partial charge in [-0.3, -0.25) is 14.5 Å². The normalized spacial score (nSPS) is 12.2. The standard InChI is InChI=1S/C16H31NO4/c1-5-9-11-17(12-10-6-2)14(16(19)21-8-4)13-15(18)20-7-3/h14H,5-13H2,1-4H3. The summed E-state index contributed by atoms with van der Waals surface area (Å²) in [5.74, 6) is -0.661. The maximum Gasteiger partial charge on any atom is 0.323 e. The van der Waals surface area contributed by atoms with Crippen molar-refractivity contribution in [3.8, 4) is 0 Å². The first-order valence-corrected chi connectivity index (χ1v) is 8.16. The lowest BCUT2D eigenvalue weighted by Gasteiger charge is -2.29. The molecule has 0 spiro atoms. The molecule has 0 fully saturated rings. The summed E-state index contributed by atoms with van der Waals surface area (Å²) in [5.41, 5.74) is 0. The average Bonchev–Trinajstić information content (AvgIpc) is 2.46. The van der Waals surface area contributed by atoms with Crippen LogP contribution in [0.25, 0.3) is 0 Å². The van der Waals surface area contributed by atoms with E-state index in [1.165, 1.54) is 0 Å². The van der Waals surface area contributed by atoms with Crippen molar-refractivity contribution in [3.05, 3.63) is 0 Å². The Bertz CT molecular complexity index is 286. The molecule has 0 N–H and O–H groups in total. The van der Waals surface area contributed by atoms with Crippen molar-refractivity contribution < 1.29 is 19.1 Å². The third kappa shape index (κ3) is 8.71. The molecule has 0 heterocycles. The number of nitrogens with zero attached hydrogens (tertiary/aromatic N) is 1. The van der Waals surface area contributed by atoms with E-state index in [-0.39, 0.29) is 18.4 Å². The topological polar surface area (TPSA) is 55.8 Å². The van der Waals surface area contributed by atoms with E-state index in [2.05, 4.69) is 18.7 Å². The highest BCUT2D eigenvalue weighted by Gasteiger charge is 2.29. The minimum atomic E-state index is -0.526. The van der Waals surface area contributed by atoms with Crippen LogP contribution in [0.5, 0.6) is 0 Å². The van der Waals surface area contributed by atoms with Gasteiger partial charge in [-0.15, -0.1) is 0 Å². The first kappa shape index (κ1) is 19.9. The molecule has 5 nitrogen and oxygen atoms in total. The highest BCUT2D eigenvalue weighted by molar-refractivity contribution is 5.82. The quantitative estimate of drug-likeness (QED) is 0.519. The molecule has 124 valence electrons. The van der Waals surface area contributed by atoms with Gasteiger partial charge >= 0.3 is 11.9 Å². The average molecular weight is 301 g/mol. The Hall–Kier alpha value is -1.10. The van der Waals surface area contributed by atoms with Crippen LogP contribution in [0.4, 0.5) is 0 Å². The summed E-state index contributed by atoms with van der Waals surface area (Å²) in [6, 6.07) is -0.526. The van der Waals surface area contributed by atoms with Gasteiger partial charge in [0.2, 0.25) is 0 Å². The first-order chi connectivity index (χ1) is 10.1. The van der Waals surface area contributed by atoms with E-state index in [4.69, 9.17) is 9.47 Å². The Balaban J connectivity index is 4.87. The molecule has 0 aliphatic rings. The first-order valence-electron chi connectivity index (χ1n) is 8.16. The van der Waals surface area contributed by atoms with E-state index in [1.807, 2.05) is 0 Å². The van der Waals surface area contributed by atoms with E-state index >= 15 is 0 Å². The molecule has 0 saturated carbocycles. The minimum absolute atomic E-state index is 0.0695. The molecular formula is C16H31NO4. The van der Waals surface area contributed by atoms with Crippen molar-refractivity contribution in [3.63, 3.8) is 0 Å². The molecule has 0 saturated heterocycles. The largest absolute Gasteiger partial charge is 0.466 e. The number of esters is 2. The number of ether oxygens (including phenoxy) is 2. The third-order valence-electron chi connectivity index (χ3n) is 3.26. The van der Waals surface area contributed by atoms with Crippen molar-refractivity contribution in [2.75, 3.05) is 26.3 Å². The van der Waals surface area contributed by atoms with Crippen LogP contribution in [0.15, 0.2) is 0 Å². The predicted molar refractivity (Wildman–Crippen MR) is 83.1 cm³/mol. The van der Waals surface area contributed by atoms with Crippen LogP contribution in [-0.4, -0.2) is 49.2 Å². The van der Waals surface area contributed by atoms with Crippen molar-refractivity contribution in [1.29, 1.82) is 0 Å². The molecule has 1 unspecified atom stereocenters. The molecule has 0 aromatic rings. The molecule has 21 heavy (non-hydrogen) atoms. The van der Waals surface area contributed by atoms with Crippen molar-refractivity contribution in [2.24, 2.45) is 0 Å². The fourth-order valence-electron chi connectivity index (χ4n) is 2.12. The number of carbonyl (C=O) groups excluding carboxylic acids is 2. The minimum Gasteiger partial charge on any atom is -0.466 e. The van der Waals surface area contributed by atoms with Crippen molar-refractivity contribution >= 4 is 11.9 Å². The van der Waals surface area contributed by atoms with Crippen LogP contribution in [-0.2, 0) is 19.1 Å². The summed E-state index contributed by atoms with van der Waals surface area (Å²) in [4.78, 5) is 26.0. The van der Waals surface area contributed by atoms with Gasteiger partial charge in [-0.2, -0.15) is 0 Å². The van der Waals surface area contributed by atoms with Crippen LogP contribution < -0.4 is 0 Å². The lowest BCUT2D eigenvalue weighted by molar-refractivity contribution is -0.156. The third-order valence-corrected chi connectivity index (χ3v) is 3.26. The second-order valence-electron chi connectivity index (χ2n) is 5.02. The maximum atomic E-state index is 12.2. The molecule has 0 aliphatic heterocycles. The van der Waals surface area contributed by atoms with Gasteiger partial charge in [-0.05, 0) is 39.8 Å². The summed E-state index contributed by atoms with van der Waals surface area (Å²) in [6.45, 7) is 10.0. The zero-order valence-electron chi connectivity index (χ0n) is 14.0. The number of carbonyl (C=O) groups is 2. The van der Waals surface area contributed by atoms with E-state index in [0.717, 1.165) is 38.8 Å². The SMILES string of the molecule is CCCCN(CCCC)C(CC(=O)OCC)C(=O)OCC. The summed E-state index contributed by atoms with van der Waals surface area (Å²) in [6.07, 6.45) is 4.18. The molecule has 1 atom stereocenters. The second kappa shape index (κ2) is 12.6. The van der Waals surface area contributed by atoms with Gasteiger partial charge in [0.15, 0.2) is 0 Å². The predicted octanol–water partition coefficient (Wildman–Crippen LogP) is 2.77. The van der Waals surface area contributed by atoms with E-state index in [9.17, 15) is 9.59 Å². The molecule has 0 radical (unpaired) electrons. The monoisotopic (exact) mass is 301 g/mol. The molecule has 0 amide bonds. The molecule has 0 bridgehead atoms. The Morgan fingerprint density at radius 1 is 0.905 bits per heavy atom. The van der Waals surface area contributed by atoms with E-state index in [0.29, 0.717) is 13.2 Å². The van der Waals surface area contributed by atoms with Crippen LogP contribution in [0.1, 0.15) is 59.8 Å². The van der Waals surface area contributed by atoms with Crippen LogP contribution >= 0.6 is 0 Å².